The number of Topliss-reactive ketones (excluding diaryl/α,β-unsaturated/α-hetero) is 1. The maximum atomic E-state index is 10.9. The standard InChI is InChI=1S/C9H16NO3.Fm/c1-7(12)8(10-6-11)5-13-9(2,3)4;/h8H,5H2,1-4H3,(H,10,11);/q-1;. The van der Waals surface area contributed by atoms with E-state index in [2.05, 4.69) is 5.32 Å². The number of ether oxygens (including phenoxy) is 1. The van der Waals surface area contributed by atoms with Crippen LogP contribution in [0.4, 0.5) is 0 Å². The molecule has 0 aromatic carbocycles. The Kier molecular flexibility index (Phi) is 5.95. The Balaban J connectivity index is 0. The van der Waals surface area contributed by atoms with Crippen molar-refractivity contribution in [2.75, 3.05) is 6.61 Å². The van der Waals surface area contributed by atoms with Crippen molar-refractivity contribution in [3.05, 3.63) is 0 Å². The zero-order valence-electron chi connectivity index (χ0n) is 8.80. The van der Waals surface area contributed by atoms with E-state index >= 15 is 0 Å². The molecule has 88 valence electrons. The quantitative estimate of drug-likeness (QED) is 0.495. The summed E-state index contributed by atoms with van der Waals surface area (Å²) >= 11 is 0. The normalized spacial score (nSPS) is 12.6. The second kappa shape index (κ2) is 5.70. The van der Waals surface area contributed by atoms with Crippen LogP contribution in [-0.2, 0) is 14.3 Å². The fourth-order valence-electron chi connectivity index (χ4n) is 0.665. The van der Waals surface area contributed by atoms with Crippen LogP contribution in [-0.4, -0.2) is 30.4 Å². The molecule has 1 N–H and O–H groups in total. The summed E-state index contributed by atoms with van der Waals surface area (Å²) in [5, 5.41) is 2.27. The predicted octanol–water partition coefficient (Wildman–Crippen LogP) is 0.416. The van der Waals surface area contributed by atoms with Crippen LogP contribution < -0.4 is 5.32 Å². The molecular formula is C9H16FmNO3-. The summed E-state index contributed by atoms with van der Waals surface area (Å²) in [6.45, 7) is 7.24. The first-order chi connectivity index (χ1) is 5.87. The minimum atomic E-state index is -0.586. The maximum Gasteiger partial charge on any atom is 0.151 e. The van der Waals surface area contributed by atoms with E-state index in [0.717, 1.165) is 0 Å². The predicted molar refractivity (Wildman–Crippen MR) is 49.0 cm³/mol. The zero-order valence-corrected chi connectivity index (χ0v) is 11.2. The van der Waals surface area contributed by atoms with Crippen LogP contribution in [0.15, 0.2) is 0 Å². The summed E-state index contributed by atoms with van der Waals surface area (Å²) in [4.78, 5) is 20.9. The van der Waals surface area contributed by atoms with E-state index in [0.29, 0.717) is 0 Å². The number of carbonyl (C=O) groups is 1. The molecule has 1 amide bonds. The van der Waals surface area contributed by atoms with Crippen LogP contribution in [0.1, 0.15) is 27.7 Å². The van der Waals surface area contributed by atoms with Crippen molar-refractivity contribution in [2.45, 2.75) is 39.3 Å². The van der Waals surface area contributed by atoms with Crippen LogP contribution in [0.2, 0.25) is 0 Å². The molecule has 1 atom stereocenters. The summed E-state index contributed by atoms with van der Waals surface area (Å²) in [7, 11) is 0. The molecule has 14 heavy (non-hydrogen) atoms. The van der Waals surface area contributed by atoms with Crippen molar-refractivity contribution in [2.24, 2.45) is 0 Å². The van der Waals surface area contributed by atoms with Crippen LogP contribution in [0.25, 0.3) is 0 Å². The summed E-state index contributed by atoms with van der Waals surface area (Å²) in [5.41, 5.74) is -0.307. The molecule has 0 aliphatic carbocycles. The third kappa shape index (κ3) is 6.79. The van der Waals surface area contributed by atoms with Crippen LogP contribution >= 0.6 is 0 Å². The van der Waals surface area contributed by atoms with Gasteiger partial charge >= 0.3 is 0 Å². The summed E-state index contributed by atoms with van der Waals surface area (Å²) in [6, 6.07) is -0.586. The summed E-state index contributed by atoms with van der Waals surface area (Å²) in [5.74, 6) is -0.132. The number of rotatable bonds is 5. The molecule has 0 saturated heterocycles. The fourth-order valence-corrected chi connectivity index (χ4v) is 0.665. The van der Waals surface area contributed by atoms with E-state index < -0.39 is 6.04 Å². The van der Waals surface area contributed by atoms with Gasteiger partial charge in [-0.05, 0) is 27.7 Å². The topological polar surface area (TPSA) is 55.4 Å². The molecule has 4 nitrogen and oxygen atoms in total. The number of amides is 1. The molecule has 0 fully saturated rings. The molecule has 0 radical (unpaired) electrons. The van der Waals surface area contributed by atoms with E-state index in [1.165, 1.54) is 13.3 Å². The van der Waals surface area contributed by atoms with Crippen molar-refractivity contribution in [3.8, 4) is 0 Å². The van der Waals surface area contributed by atoms with Crippen molar-refractivity contribution in [3.63, 3.8) is 0 Å². The zero-order chi connectivity index (χ0) is 10.5. The first-order valence-corrected chi connectivity index (χ1v) is 4.14. The monoisotopic (exact) mass is 443 g/mol. The Morgan fingerprint density at radius 2 is 2.00 bits per heavy atom. The van der Waals surface area contributed by atoms with E-state index in [-0.39, 0.29) is 18.0 Å². The van der Waals surface area contributed by atoms with Crippen molar-refractivity contribution < 1.29 is 14.3 Å². The van der Waals surface area contributed by atoms with Crippen LogP contribution in [0, 0.1) is 0 Å². The Labute approximate surface area is 78.6 Å². The largest absolute Gasteiger partial charge is 0.520 e. The van der Waals surface area contributed by atoms with Gasteiger partial charge in [-0.1, -0.05) is 0 Å². The Morgan fingerprint density at radius 1 is 1.50 bits per heavy atom. The second-order valence-corrected chi connectivity index (χ2v) is 3.83. The molecule has 1 unspecified atom stereocenters. The van der Waals surface area contributed by atoms with E-state index in [9.17, 15) is 9.59 Å². The second-order valence-electron chi connectivity index (χ2n) is 3.83. The van der Waals surface area contributed by atoms with Gasteiger partial charge in [0, 0.05) is 0 Å². The molecule has 0 bridgehead atoms. The third-order valence-electron chi connectivity index (χ3n) is 1.41. The molecule has 0 rings (SSSR count). The molecule has 0 heterocycles. The minimum Gasteiger partial charge on any atom is -0.520 e. The molecule has 0 aromatic heterocycles. The van der Waals surface area contributed by atoms with Gasteiger partial charge in [0.15, 0.2) is 5.78 Å². The number of ketones is 1. The molecule has 0 saturated carbocycles. The number of carbonyl (C=O) groups excluding carboxylic acids is 2. The van der Waals surface area contributed by atoms with Crippen molar-refractivity contribution in [1.82, 2.24) is 5.32 Å². The SMILES string of the molecule is CC(=O)C(COC(C)(C)C)N[C-]=O.[Fm]. The molecule has 0 aromatic rings. The van der Waals surface area contributed by atoms with Gasteiger partial charge in [0.25, 0.3) is 0 Å². The number of hydrogen-bond donors (Lipinski definition) is 1. The maximum absolute atomic E-state index is 10.9. The molecule has 0 aliphatic heterocycles. The molecular weight excluding hydrogens is 427 g/mol. The number of hydrogen-bond acceptors (Lipinski definition) is 3. The Morgan fingerprint density at radius 3 is 2.29 bits per heavy atom. The average molecular weight is 443 g/mol. The van der Waals surface area contributed by atoms with Gasteiger partial charge in [0.2, 0.25) is 0 Å². The van der Waals surface area contributed by atoms with Gasteiger partial charge in [-0.3, -0.25) is 4.79 Å². The smallest absolute Gasteiger partial charge is 0.151 e. The van der Waals surface area contributed by atoms with Gasteiger partial charge in [-0.15, -0.1) is 0 Å². The molecule has 0 aliphatic rings. The van der Waals surface area contributed by atoms with Gasteiger partial charge in [0.05, 0.1) is 18.2 Å². The molecule has 0 spiro atoms. The van der Waals surface area contributed by atoms with Gasteiger partial charge < -0.3 is 14.8 Å². The number of nitrogens with one attached hydrogen (secondary N) is 1. The van der Waals surface area contributed by atoms with Gasteiger partial charge in [-0.25, -0.2) is 0 Å². The van der Waals surface area contributed by atoms with E-state index in [4.69, 9.17) is 4.74 Å². The Bertz CT molecular complexity index is 189. The summed E-state index contributed by atoms with van der Waals surface area (Å²) < 4.78 is 5.34. The third-order valence-corrected chi connectivity index (χ3v) is 1.41. The van der Waals surface area contributed by atoms with Crippen LogP contribution in [0.5, 0.6) is 0 Å². The Hall–Kier alpha value is -1.90. The van der Waals surface area contributed by atoms with Crippen molar-refractivity contribution in [1.29, 1.82) is 0 Å². The van der Waals surface area contributed by atoms with Crippen molar-refractivity contribution >= 4 is 12.2 Å². The van der Waals surface area contributed by atoms with Gasteiger partial charge in [0.1, 0.15) is 0 Å². The van der Waals surface area contributed by atoms with Crippen LogP contribution in [0.3, 0.4) is 0 Å². The molecule has 5 heteroatoms. The van der Waals surface area contributed by atoms with Gasteiger partial charge in [-0.2, -0.15) is 6.41 Å². The average Bonchev–Trinajstić information content (AvgIpc) is 1.95. The fraction of sp³-hybridized carbons (Fsp3) is 0.778. The first-order valence-electron chi connectivity index (χ1n) is 4.14. The van der Waals surface area contributed by atoms with E-state index in [1.807, 2.05) is 20.8 Å². The minimum absolute atomic E-state index is 0. The first kappa shape index (κ1) is 14.6. The van der Waals surface area contributed by atoms with E-state index in [1.54, 1.807) is 0 Å². The summed E-state index contributed by atoms with van der Waals surface area (Å²) in [6.07, 6.45) is 1.48.